The Morgan fingerprint density at radius 2 is 1.69 bits per heavy atom. The Labute approximate surface area is 152 Å². The molecule has 1 unspecified atom stereocenters. The highest BCUT2D eigenvalue weighted by molar-refractivity contribution is 5.80. The molecule has 2 aromatic rings. The van der Waals surface area contributed by atoms with E-state index in [1.54, 1.807) is 12.1 Å². The van der Waals surface area contributed by atoms with Crippen LogP contribution in [0.25, 0.3) is 0 Å². The van der Waals surface area contributed by atoms with Crippen LogP contribution in [-0.2, 0) is 16.0 Å². The molecular formula is C21H19NO4. The molecule has 5 nitrogen and oxygen atoms in total. The topological polar surface area (TPSA) is 75.6 Å². The summed E-state index contributed by atoms with van der Waals surface area (Å²) in [7, 11) is 0. The third-order valence-electron chi connectivity index (χ3n) is 3.44. The third-order valence-corrected chi connectivity index (χ3v) is 3.44. The van der Waals surface area contributed by atoms with Crippen LogP contribution in [-0.4, -0.2) is 29.8 Å². The second-order valence-corrected chi connectivity index (χ2v) is 5.44. The Morgan fingerprint density at radius 3 is 2.27 bits per heavy atom. The quantitative estimate of drug-likeness (QED) is 0.621. The number of benzene rings is 2. The SMILES string of the molecule is C=CCOC(=O)NC(Cc1ccc(C#Cc2ccccc2)cc1)C(=O)O. The summed E-state index contributed by atoms with van der Waals surface area (Å²) in [6.45, 7) is 3.45. The van der Waals surface area contributed by atoms with E-state index in [1.807, 2.05) is 42.5 Å². The highest BCUT2D eigenvalue weighted by Crippen LogP contribution is 2.07. The van der Waals surface area contributed by atoms with Crippen molar-refractivity contribution in [3.63, 3.8) is 0 Å². The van der Waals surface area contributed by atoms with Gasteiger partial charge in [0.15, 0.2) is 0 Å². The molecule has 0 saturated carbocycles. The van der Waals surface area contributed by atoms with E-state index in [0.717, 1.165) is 16.7 Å². The first-order valence-electron chi connectivity index (χ1n) is 8.01. The zero-order valence-electron chi connectivity index (χ0n) is 14.1. The van der Waals surface area contributed by atoms with Gasteiger partial charge < -0.3 is 15.2 Å². The van der Waals surface area contributed by atoms with Crippen LogP contribution in [0.5, 0.6) is 0 Å². The first-order chi connectivity index (χ1) is 12.6. The van der Waals surface area contributed by atoms with Gasteiger partial charge in [-0.3, -0.25) is 0 Å². The maximum Gasteiger partial charge on any atom is 0.408 e. The number of carbonyl (C=O) groups excluding carboxylic acids is 1. The van der Waals surface area contributed by atoms with Gasteiger partial charge >= 0.3 is 12.1 Å². The van der Waals surface area contributed by atoms with Crippen LogP contribution in [0, 0.1) is 11.8 Å². The maximum atomic E-state index is 11.5. The molecule has 0 saturated heterocycles. The van der Waals surface area contributed by atoms with Crippen molar-refractivity contribution in [3.05, 3.63) is 83.9 Å². The van der Waals surface area contributed by atoms with Crippen molar-refractivity contribution in [2.24, 2.45) is 0 Å². The average molecular weight is 349 g/mol. The number of rotatable bonds is 6. The van der Waals surface area contributed by atoms with E-state index in [9.17, 15) is 14.7 Å². The number of hydrogen-bond acceptors (Lipinski definition) is 3. The van der Waals surface area contributed by atoms with Gasteiger partial charge in [-0.15, -0.1) is 0 Å². The van der Waals surface area contributed by atoms with Crippen LogP contribution in [0.4, 0.5) is 4.79 Å². The minimum Gasteiger partial charge on any atom is -0.480 e. The van der Waals surface area contributed by atoms with E-state index < -0.39 is 18.1 Å². The third kappa shape index (κ3) is 6.17. The van der Waals surface area contributed by atoms with Crippen LogP contribution in [0.15, 0.2) is 67.3 Å². The highest BCUT2D eigenvalue weighted by Gasteiger charge is 2.20. The number of carbonyl (C=O) groups is 2. The van der Waals surface area contributed by atoms with Gasteiger partial charge in [0.1, 0.15) is 12.6 Å². The van der Waals surface area contributed by atoms with Gasteiger partial charge in [-0.2, -0.15) is 0 Å². The van der Waals surface area contributed by atoms with E-state index in [-0.39, 0.29) is 13.0 Å². The Kier molecular flexibility index (Phi) is 7.02. The predicted molar refractivity (Wildman–Crippen MR) is 98.7 cm³/mol. The first-order valence-corrected chi connectivity index (χ1v) is 8.01. The van der Waals surface area contributed by atoms with Crippen LogP contribution >= 0.6 is 0 Å². The molecule has 1 atom stereocenters. The number of carboxylic acids is 1. The van der Waals surface area contributed by atoms with E-state index in [0.29, 0.717) is 0 Å². The lowest BCUT2D eigenvalue weighted by Crippen LogP contribution is -2.42. The molecule has 2 aromatic carbocycles. The average Bonchev–Trinajstić information content (AvgIpc) is 2.66. The van der Waals surface area contributed by atoms with Crippen molar-refractivity contribution >= 4 is 12.1 Å². The second-order valence-electron chi connectivity index (χ2n) is 5.44. The monoisotopic (exact) mass is 349 g/mol. The van der Waals surface area contributed by atoms with Crippen LogP contribution in [0.3, 0.4) is 0 Å². The summed E-state index contributed by atoms with van der Waals surface area (Å²) in [5.41, 5.74) is 2.51. The smallest absolute Gasteiger partial charge is 0.408 e. The van der Waals surface area contributed by atoms with Crippen molar-refractivity contribution in [1.29, 1.82) is 0 Å². The van der Waals surface area contributed by atoms with Gasteiger partial charge in [-0.25, -0.2) is 9.59 Å². The summed E-state index contributed by atoms with van der Waals surface area (Å²) in [4.78, 5) is 22.8. The minimum absolute atomic E-state index is 0.0208. The molecule has 2 rings (SSSR count). The molecule has 0 fully saturated rings. The Bertz CT molecular complexity index is 817. The van der Waals surface area contributed by atoms with Gasteiger partial charge in [0.25, 0.3) is 0 Å². The van der Waals surface area contributed by atoms with Gasteiger partial charge in [0.2, 0.25) is 0 Å². The molecule has 0 aromatic heterocycles. The number of alkyl carbamates (subject to hydrolysis) is 1. The lowest BCUT2D eigenvalue weighted by Gasteiger charge is -2.14. The standard InChI is InChI=1S/C21H19NO4/c1-2-14-26-21(25)22-19(20(23)24)15-18-12-10-17(11-13-18)9-8-16-6-4-3-5-7-16/h2-7,10-13,19H,1,14-15H2,(H,22,25)(H,23,24). The number of amides is 1. The van der Waals surface area contributed by atoms with Crippen molar-refractivity contribution in [2.45, 2.75) is 12.5 Å². The highest BCUT2D eigenvalue weighted by atomic mass is 16.5. The van der Waals surface area contributed by atoms with E-state index in [1.165, 1.54) is 6.08 Å². The molecule has 5 heteroatoms. The number of nitrogens with one attached hydrogen (secondary N) is 1. The molecule has 132 valence electrons. The fourth-order valence-electron chi connectivity index (χ4n) is 2.14. The molecule has 0 radical (unpaired) electrons. The molecule has 1 amide bonds. The van der Waals surface area contributed by atoms with E-state index in [2.05, 4.69) is 23.7 Å². The zero-order valence-corrected chi connectivity index (χ0v) is 14.1. The molecule has 0 aliphatic heterocycles. The number of ether oxygens (including phenoxy) is 1. The summed E-state index contributed by atoms with van der Waals surface area (Å²) in [6, 6.07) is 15.8. The van der Waals surface area contributed by atoms with Crippen molar-refractivity contribution in [3.8, 4) is 11.8 Å². The fourth-order valence-corrected chi connectivity index (χ4v) is 2.14. The summed E-state index contributed by atoms with van der Waals surface area (Å²) in [6.07, 6.45) is 0.762. The van der Waals surface area contributed by atoms with Gasteiger partial charge in [0, 0.05) is 17.5 Å². The van der Waals surface area contributed by atoms with Crippen LogP contribution in [0.2, 0.25) is 0 Å². The van der Waals surface area contributed by atoms with Crippen LogP contribution < -0.4 is 5.32 Å². The predicted octanol–water partition coefficient (Wildman–Crippen LogP) is 2.99. The minimum atomic E-state index is -1.13. The normalized spacial score (nSPS) is 10.8. The van der Waals surface area contributed by atoms with Gasteiger partial charge in [-0.1, -0.05) is 54.8 Å². The summed E-state index contributed by atoms with van der Waals surface area (Å²) in [5.74, 6) is 4.98. The molecule has 0 aliphatic rings. The summed E-state index contributed by atoms with van der Waals surface area (Å²) < 4.78 is 4.75. The fraction of sp³-hybridized carbons (Fsp3) is 0.143. The lowest BCUT2D eigenvalue weighted by molar-refractivity contribution is -0.139. The Hall–Kier alpha value is -3.52. The summed E-state index contributed by atoms with van der Waals surface area (Å²) in [5, 5.41) is 11.6. The first kappa shape index (κ1) is 18.8. The zero-order chi connectivity index (χ0) is 18.8. The Balaban J connectivity index is 2.00. The van der Waals surface area contributed by atoms with Crippen molar-refractivity contribution in [1.82, 2.24) is 5.32 Å². The van der Waals surface area contributed by atoms with Crippen molar-refractivity contribution < 1.29 is 19.4 Å². The van der Waals surface area contributed by atoms with Crippen LogP contribution in [0.1, 0.15) is 16.7 Å². The maximum absolute atomic E-state index is 11.5. The van der Waals surface area contributed by atoms with Gasteiger partial charge in [0.05, 0.1) is 0 Å². The molecule has 0 aliphatic carbocycles. The largest absolute Gasteiger partial charge is 0.480 e. The molecule has 0 spiro atoms. The number of hydrogen-bond donors (Lipinski definition) is 2. The second kappa shape index (κ2) is 9.70. The Morgan fingerprint density at radius 1 is 1.08 bits per heavy atom. The van der Waals surface area contributed by atoms with E-state index in [4.69, 9.17) is 4.74 Å². The van der Waals surface area contributed by atoms with Gasteiger partial charge in [-0.05, 0) is 29.8 Å². The molecule has 0 heterocycles. The molecular weight excluding hydrogens is 330 g/mol. The number of aliphatic carboxylic acids is 1. The van der Waals surface area contributed by atoms with Crippen molar-refractivity contribution in [2.75, 3.05) is 6.61 Å². The molecule has 0 bridgehead atoms. The van der Waals surface area contributed by atoms with E-state index >= 15 is 0 Å². The summed E-state index contributed by atoms with van der Waals surface area (Å²) >= 11 is 0. The lowest BCUT2D eigenvalue weighted by atomic mass is 10.0. The number of carboxylic acid groups (broad SMARTS) is 1. The molecule has 26 heavy (non-hydrogen) atoms. The molecule has 2 N–H and O–H groups in total.